The number of aromatic nitrogens is 2. The molecule has 0 fully saturated rings. The van der Waals surface area contributed by atoms with Crippen molar-refractivity contribution in [2.75, 3.05) is 6.54 Å². The Morgan fingerprint density at radius 3 is 2.96 bits per heavy atom. The molecule has 2 heterocycles. The fraction of sp³-hybridized carbons (Fsp3) is 0.150. The minimum absolute atomic E-state index is 0.0547. The summed E-state index contributed by atoms with van der Waals surface area (Å²) in [5.74, 6) is -0.0547. The topological polar surface area (TPSA) is 49.8 Å². The average molecular weight is 352 g/mol. The van der Waals surface area contributed by atoms with Crippen molar-refractivity contribution in [1.29, 1.82) is 0 Å². The van der Waals surface area contributed by atoms with E-state index < -0.39 is 0 Å². The summed E-state index contributed by atoms with van der Waals surface area (Å²) in [5, 5.41) is 5.95. The number of hydrogen-bond donors (Lipinski definition) is 2. The van der Waals surface area contributed by atoms with Crippen LogP contribution in [0.4, 0.5) is 0 Å². The van der Waals surface area contributed by atoms with E-state index in [2.05, 4.69) is 10.3 Å². The normalized spacial score (nSPS) is 11.3. The van der Waals surface area contributed by atoms with E-state index in [1.165, 1.54) is 0 Å². The van der Waals surface area contributed by atoms with Gasteiger partial charge < -0.3 is 14.9 Å². The van der Waals surface area contributed by atoms with Gasteiger partial charge in [0.15, 0.2) is 0 Å². The lowest BCUT2D eigenvalue weighted by Gasteiger charge is -2.06. The van der Waals surface area contributed by atoms with Gasteiger partial charge >= 0.3 is 0 Å². The predicted octanol–water partition coefficient (Wildman–Crippen LogP) is 4.29. The van der Waals surface area contributed by atoms with Gasteiger partial charge in [0.25, 0.3) is 5.91 Å². The number of H-pyrrole nitrogens is 1. The summed E-state index contributed by atoms with van der Waals surface area (Å²) >= 11 is 6.08. The molecule has 0 bridgehead atoms. The Morgan fingerprint density at radius 1 is 1.20 bits per heavy atom. The maximum absolute atomic E-state index is 12.4. The molecule has 0 aliphatic heterocycles. The quantitative estimate of drug-likeness (QED) is 0.566. The van der Waals surface area contributed by atoms with Crippen LogP contribution in [-0.4, -0.2) is 22.0 Å². The van der Waals surface area contributed by atoms with Crippen molar-refractivity contribution in [3.63, 3.8) is 0 Å². The monoisotopic (exact) mass is 351 g/mol. The minimum Gasteiger partial charge on any atom is -0.361 e. The van der Waals surface area contributed by atoms with Gasteiger partial charge in [-0.2, -0.15) is 0 Å². The highest BCUT2D eigenvalue weighted by Crippen LogP contribution is 2.22. The van der Waals surface area contributed by atoms with Crippen molar-refractivity contribution in [2.24, 2.45) is 7.05 Å². The number of carbonyl (C=O) groups is 1. The number of amides is 1. The van der Waals surface area contributed by atoms with E-state index in [-0.39, 0.29) is 5.91 Å². The molecule has 2 N–H and O–H groups in total. The summed E-state index contributed by atoms with van der Waals surface area (Å²) in [6.45, 7) is 0.573. The number of carbonyl (C=O) groups excluding carboxylic acids is 1. The van der Waals surface area contributed by atoms with E-state index in [1.54, 1.807) is 0 Å². The van der Waals surface area contributed by atoms with Crippen LogP contribution in [-0.2, 0) is 13.5 Å². The Kier molecular flexibility index (Phi) is 3.98. The molecule has 0 saturated carbocycles. The molecule has 0 unspecified atom stereocenters. The maximum Gasteiger partial charge on any atom is 0.251 e. The molecular weight excluding hydrogens is 334 g/mol. The molecule has 0 radical (unpaired) electrons. The minimum atomic E-state index is -0.0547. The highest BCUT2D eigenvalue weighted by molar-refractivity contribution is 6.31. The van der Waals surface area contributed by atoms with Gasteiger partial charge in [0.1, 0.15) is 0 Å². The molecule has 0 spiro atoms. The predicted molar refractivity (Wildman–Crippen MR) is 102 cm³/mol. The average Bonchev–Trinajstić information content (AvgIpc) is 3.18. The highest BCUT2D eigenvalue weighted by Gasteiger charge is 2.09. The van der Waals surface area contributed by atoms with E-state index >= 15 is 0 Å². The standard InChI is InChI=1S/C20H18ClN3O/c1-24-9-7-13-2-3-14(10-19(13)24)20(25)22-8-6-15-12-23-18-5-4-16(21)11-17(15)18/h2-5,7,9-12,23H,6,8H2,1H3,(H,22,25). The van der Waals surface area contributed by atoms with Gasteiger partial charge in [0.05, 0.1) is 0 Å². The van der Waals surface area contributed by atoms with Gasteiger partial charge in [-0.25, -0.2) is 0 Å². The Hall–Kier alpha value is -2.72. The van der Waals surface area contributed by atoms with Crippen molar-refractivity contribution >= 4 is 39.3 Å². The van der Waals surface area contributed by atoms with Crippen LogP contribution in [0, 0.1) is 0 Å². The first-order valence-electron chi connectivity index (χ1n) is 8.20. The molecule has 4 rings (SSSR count). The summed E-state index contributed by atoms with van der Waals surface area (Å²) < 4.78 is 2.02. The molecule has 0 saturated heterocycles. The number of nitrogens with one attached hydrogen (secondary N) is 2. The molecule has 25 heavy (non-hydrogen) atoms. The SMILES string of the molecule is Cn1ccc2ccc(C(=O)NCCc3c[nH]c4ccc(Cl)cc34)cc21. The van der Waals surface area contributed by atoms with Gasteiger partial charge in [-0.05, 0) is 53.8 Å². The molecule has 2 aromatic carbocycles. The number of nitrogens with zero attached hydrogens (tertiary/aromatic N) is 1. The number of hydrogen-bond acceptors (Lipinski definition) is 1. The van der Waals surface area contributed by atoms with Crippen molar-refractivity contribution in [3.8, 4) is 0 Å². The number of aromatic amines is 1. The van der Waals surface area contributed by atoms with Gasteiger partial charge in [-0.15, -0.1) is 0 Å². The van der Waals surface area contributed by atoms with Gasteiger partial charge in [0, 0.05) is 53.0 Å². The molecule has 4 aromatic rings. The van der Waals surface area contributed by atoms with E-state index in [4.69, 9.17) is 11.6 Å². The first kappa shape index (κ1) is 15.8. The smallest absolute Gasteiger partial charge is 0.251 e. The van der Waals surface area contributed by atoms with E-state index in [1.807, 2.05) is 66.5 Å². The van der Waals surface area contributed by atoms with Crippen molar-refractivity contribution in [2.45, 2.75) is 6.42 Å². The van der Waals surface area contributed by atoms with Crippen LogP contribution >= 0.6 is 11.6 Å². The van der Waals surface area contributed by atoms with Crippen LogP contribution < -0.4 is 5.32 Å². The molecule has 1 amide bonds. The Morgan fingerprint density at radius 2 is 2.08 bits per heavy atom. The number of rotatable bonds is 4. The molecule has 0 aliphatic rings. The molecule has 4 nitrogen and oxygen atoms in total. The van der Waals surface area contributed by atoms with Crippen LogP contribution in [0.15, 0.2) is 54.9 Å². The second-order valence-electron chi connectivity index (χ2n) is 6.21. The Labute approximate surface area is 150 Å². The molecule has 2 aromatic heterocycles. The molecule has 0 atom stereocenters. The number of halogens is 1. The second kappa shape index (κ2) is 6.30. The summed E-state index contributed by atoms with van der Waals surface area (Å²) in [4.78, 5) is 15.7. The van der Waals surface area contributed by atoms with Gasteiger partial charge in [-0.3, -0.25) is 4.79 Å². The third-order valence-corrected chi connectivity index (χ3v) is 4.79. The molecule has 5 heteroatoms. The van der Waals surface area contributed by atoms with E-state index in [0.717, 1.165) is 33.8 Å². The molecule has 126 valence electrons. The third kappa shape index (κ3) is 3.01. The van der Waals surface area contributed by atoms with Crippen LogP contribution in [0.2, 0.25) is 5.02 Å². The largest absolute Gasteiger partial charge is 0.361 e. The zero-order valence-corrected chi connectivity index (χ0v) is 14.6. The third-order valence-electron chi connectivity index (χ3n) is 4.56. The van der Waals surface area contributed by atoms with Crippen LogP contribution in [0.3, 0.4) is 0 Å². The number of benzene rings is 2. The summed E-state index contributed by atoms with van der Waals surface area (Å²) in [7, 11) is 1.98. The lowest BCUT2D eigenvalue weighted by Crippen LogP contribution is -2.25. The van der Waals surface area contributed by atoms with Gasteiger partial charge in [-0.1, -0.05) is 17.7 Å². The molecule has 0 aliphatic carbocycles. The fourth-order valence-corrected chi connectivity index (χ4v) is 3.35. The molecular formula is C20H18ClN3O. The fourth-order valence-electron chi connectivity index (χ4n) is 3.17. The zero-order valence-electron chi connectivity index (χ0n) is 13.8. The van der Waals surface area contributed by atoms with E-state index in [0.29, 0.717) is 17.1 Å². The number of fused-ring (bicyclic) bond motifs is 2. The summed E-state index contributed by atoms with van der Waals surface area (Å²) in [6.07, 6.45) is 4.72. The second-order valence-corrected chi connectivity index (χ2v) is 6.65. The Bertz CT molecular complexity index is 1080. The lowest BCUT2D eigenvalue weighted by atomic mass is 10.1. The first-order chi connectivity index (χ1) is 12.1. The van der Waals surface area contributed by atoms with Crippen molar-refractivity contribution < 1.29 is 4.79 Å². The van der Waals surface area contributed by atoms with E-state index in [9.17, 15) is 4.79 Å². The highest BCUT2D eigenvalue weighted by atomic mass is 35.5. The van der Waals surface area contributed by atoms with Gasteiger partial charge in [0.2, 0.25) is 0 Å². The number of aryl methyl sites for hydroxylation is 1. The van der Waals surface area contributed by atoms with Crippen LogP contribution in [0.5, 0.6) is 0 Å². The van der Waals surface area contributed by atoms with Crippen LogP contribution in [0.25, 0.3) is 21.8 Å². The summed E-state index contributed by atoms with van der Waals surface area (Å²) in [6, 6.07) is 13.6. The first-order valence-corrected chi connectivity index (χ1v) is 8.58. The summed E-state index contributed by atoms with van der Waals surface area (Å²) in [5.41, 5.74) is 3.94. The van der Waals surface area contributed by atoms with Crippen molar-refractivity contribution in [3.05, 3.63) is 71.0 Å². The lowest BCUT2D eigenvalue weighted by molar-refractivity contribution is 0.0954. The van der Waals surface area contributed by atoms with Crippen LogP contribution in [0.1, 0.15) is 15.9 Å². The maximum atomic E-state index is 12.4. The zero-order chi connectivity index (χ0) is 17.4. The van der Waals surface area contributed by atoms with Crippen molar-refractivity contribution in [1.82, 2.24) is 14.9 Å². The Balaban J connectivity index is 1.45.